The van der Waals surface area contributed by atoms with Crippen LogP contribution in [-0.2, 0) is 11.3 Å². The highest BCUT2D eigenvalue weighted by Crippen LogP contribution is 2.27. The maximum absolute atomic E-state index is 12.8. The summed E-state index contributed by atoms with van der Waals surface area (Å²) in [7, 11) is 4.24. The highest BCUT2D eigenvalue weighted by atomic mass is 16.5. The summed E-state index contributed by atoms with van der Waals surface area (Å²) in [4.78, 5) is 41.9. The van der Waals surface area contributed by atoms with E-state index in [1.807, 2.05) is 33.7 Å². The number of aromatic nitrogens is 3. The third kappa shape index (κ3) is 7.44. The summed E-state index contributed by atoms with van der Waals surface area (Å²) in [6.45, 7) is 11.2. The Morgan fingerprint density at radius 1 is 0.771 bits per heavy atom. The number of nitrogens with zero attached hydrogens (tertiary/aromatic N) is 8. The Morgan fingerprint density at radius 3 is 2.02 bits per heavy atom. The number of likely N-dealkylation sites (N-methyl/N-ethyl adjacent to an activating group) is 2. The highest BCUT2D eigenvalue weighted by molar-refractivity contribution is 6.00. The highest BCUT2D eigenvalue weighted by Gasteiger charge is 2.22. The van der Waals surface area contributed by atoms with Gasteiger partial charge in [0.1, 0.15) is 5.52 Å². The van der Waals surface area contributed by atoms with E-state index < -0.39 is 0 Å². The molecule has 0 atom stereocenters. The number of hydrogen-bond donors (Lipinski definition) is 2. The predicted octanol–water partition coefficient (Wildman–Crippen LogP) is 3.01. The second-order valence-corrected chi connectivity index (χ2v) is 12.9. The van der Waals surface area contributed by atoms with Gasteiger partial charge in [0.25, 0.3) is 5.91 Å². The van der Waals surface area contributed by atoms with Gasteiger partial charge in [0, 0.05) is 101 Å². The lowest BCUT2D eigenvalue weighted by molar-refractivity contribution is 0.0664. The van der Waals surface area contributed by atoms with Crippen LogP contribution in [0, 0.1) is 0 Å². The van der Waals surface area contributed by atoms with Gasteiger partial charge in [0.05, 0.1) is 13.2 Å². The average Bonchev–Trinajstić information content (AvgIpc) is 3.52. The third-order valence-electron chi connectivity index (χ3n) is 9.39. The molecule has 4 aromatic rings. The Labute approximate surface area is 281 Å². The molecule has 0 radical (unpaired) electrons. The molecule has 5 heterocycles. The van der Waals surface area contributed by atoms with Crippen LogP contribution in [0.3, 0.4) is 0 Å². The molecular formula is C35H44N10O3. The van der Waals surface area contributed by atoms with Crippen LogP contribution in [0.1, 0.15) is 15.9 Å². The van der Waals surface area contributed by atoms with E-state index in [1.54, 1.807) is 24.3 Å². The molecular weight excluding hydrogens is 608 g/mol. The number of rotatable bonds is 7. The molecule has 13 nitrogen and oxygen atoms in total. The Hall–Kier alpha value is -4.56. The van der Waals surface area contributed by atoms with Gasteiger partial charge in [-0.05, 0) is 74.3 Å². The maximum atomic E-state index is 12.8. The van der Waals surface area contributed by atoms with Crippen LogP contribution < -0.4 is 15.5 Å². The van der Waals surface area contributed by atoms with Gasteiger partial charge in [0.2, 0.25) is 0 Å². The molecule has 0 unspecified atom stereocenters. The second kappa shape index (κ2) is 14.3. The molecule has 2 N–H and O–H groups in total. The molecule has 2 aromatic carbocycles. The van der Waals surface area contributed by atoms with Gasteiger partial charge in [-0.2, -0.15) is 0 Å². The molecule has 252 valence electrons. The Kier molecular flexibility index (Phi) is 9.52. The molecule has 2 aromatic heterocycles. The first kappa shape index (κ1) is 32.0. The van der Waals surface area contributed by atoms with Gasteiger partial charge in [-0.3, -0.25) is 9.69 Å². The van der Waals surface area contributed by atoms with Gasteiger partial charge in [0.15, 0.2) is 11.6 Å². The van der Waals surface area contributed by atoms with Crippen molar-refractivity contribution in [3.05, 3.63) is 71.9 Å². The van der Waals surface area contributed by atoms with Crippen molar-refractivity contribution in [1.29, 1.82) is 0 Å². The van der Waals surface area contributed by atoms with E-state index in [0.29, 0.717) is 36.0 Å². The number of piperazine rings is 2. The molecule has 7 rings (SSSR count). The van der Waals surface area contributed by atoms with Crippen LogP contribution in [0.4, 0.5) is 22.0 Å². The molecule has 13 heteroatoms. The number of benzene rings is 2. The van der Waals surface area contributed by atoms with Crippen LogP contribution in [-0.4, -0.2) is 139 Å². The first-order valence-corrected chi connectivity index (χ1v) is 16.8. The fourth-order valence-corrected chi connectivity index (χ4v) is 6.40. The lowest BCUT2D eigenvalue weighted by Crippen LogP contribution is -2.47. The average molecular weight is 653 g/mol. The Balaban J connectivity index is 1.02. The van der Waals surface area contributed by atoms with Crippen LogP contribution in [0.25, 0.3) is 16.9 Å². The minimum Gasteiger partial charge on any atom is -0.378 e. The number of fused-ring (bicyclic) bond motifs is 1. The SMILES string of the molecule is CN1CCN(Cc2cc3c(N4CCOCC4)nc(-c4ccc(NC(=O)Nc5ccc(C(=O)N6CCN(C)CC6)cc5)cc4)nn3c2)CC1. The van der Waals surface area contributed by atoms with Crippen molar-refractivity contribution in [2.75, 3.05) is 108 Å². The van der Waals surface area contributed by atoms with Gasteiger partial charge in [-0.25, -0.2) is 14.3 Å². The first-order chi connectivity index (χ1) is 23.4. The largest absolute Gasteiger partial charge is 0.378 e. The molecule has 0 aliphatic carbocycles. The first-order valence-electron chi connectivity index (χ1n) is 16.8. The van der Waals surface area contributed by atoms with E-state index >= 15 is 0 Å². The van der Waals surface area contributed by atoms with E-state index in [1.165, 1.54) is 5.56 Å². The Morgan fingerprint density at radius 2 is 1.38 bits per heavy atom. The van der Waals surface area contributed by atoms with E-state index in [0.717, 1.165) is 88.9 Å². The van der Waals surface area contributed by atoms with Crippen molar-refractivity contribution in [3.8, 4) is 11.4 Å². The molecule has 3 amide bonds. The number of amides is 3. The van der Waals surface area contributed by atoms with Crippen molar-refractivity contribution in [2.24, 2.45) is 0 Å². The number of urea groups is 1. The van der Waals surface area contributed by atoms with Gasteiger partial charge >= 0.3 is 6.03 Å². The van der Waals surface area contributed by atoms with Crippen LogP contribution in [0.2, 0.25) is 0 Å². The lowest BCUT2D eigenvalue weighted by Gasteiger charge is -2.32. The number of hydrogen-bond acceptors (Lipinski definition) is 9. The fraction of sp³-hybridized carbons (Fsp3) is 0.429. The van der Waals surface area contributed by atoms with E-state index in [4.69, 9.17) is 14.8 Å². The van der Waals surface area contributed by atoms with Gasteiger partial charge in [-0.1, -0.05) is 0 Å². The van der Waals surface area contributed by atoms with Crippen molar-refractivity contribution in [3.63, 3.8) is 0 Å². The molecule has 3 saturated heterocycles. The standard InChI is InChI=1S/C35H44N10O3/c1-40-11-15-42(16-12-40)24-26-23-31-33(43-19-21-48-22-20-43)38-32(39-45(31)25-26)27-3-7-29(8-4-27)36-35(47)37-30-9-5-28(6-10-30)34(46)44-17-13-41(2)14-18-44/h3-10,23,25H,11-22,24H2,1-2H3,(H2,36,37,47). The minimum absolute atomic E-state index is 0.0160. The monoisotopic (exact) mass is 652 g/mol. The summed E-state index contributed by atoms with van der Waals surface area (Å²) in [5.74, 6) is 1.54. The number of carbonyl (C=O) groups excluding carboxylic acids is 2. The molecule has 3 fully saturated rings. The maximum Gasteiger partial charge on any atom is 0.323 e. The summed E-state index contributed by atoms with van der Waals surface area (Å²) in [6.07, 6.45) is 2.12. The van der Waals surface area contributed by atoms with Crippen LogP contribution in [0.15, 0.2) is 60.8 Å². The quantitative estimate of drug-likeness (QED) is 0.311. The number of anilines is 3. The lowest BCUT2D eigenvalue weighted by atomic mass is 10.1. The molecule has 0 saturated carbocycles. The van der Waals surface area contributed by atoms with Crippen molar-refractivity contribution >= 4 is 34.6 Å². The topological polar surface area (TPSA) is 114 Å². The summed E-state index contributed by atoms with van der Waals surface area (Å²) in [5.41, 5.74) is 4.94. The fourth-order valence-electron chi connectivity index (χ4n) is 6.40. The number of ether oxygens (including phenoxy) is 1. The van der Waals surface area contributed by atoms with E-state index in [-0.39, 0.29) is 11.9 Å². The zero-order chi connectivity index (χ0) is 33.0. The molecule has 0 bridgehead atoms. The van der Waals surface area contributed by atoms with Crippen LogP contribution in [0.5, 0.6) is 0 Å². The number of nitrogens with one attached hydrogen (secondary N) is 2. The van der Waals surface area contributed by atoms with Gasteiger partial charge in [-0.15, -0.1) is 5.10 Å². The van der Waals surface area contributed by atoms with Gasteiger partial charge < -0.3 is 35.0 Å². The zero-order valence-electron chi connectivity index (χ0n) is 27.8. The molecule has 0 spiro atoms. The third-order valence-corrected chi connectivity index (χ3v) is 9.39. The second-order valence-electron chi connectivity index (χ2n) is 12.9. The minimum atomic E-state index is -0.367. The summed E-state index contributed by atoms with van der Waals surface area (Å²) in [6, 6.07) is 16.4. The van der Waals surface area contributed by atoms with Crippen molar-refractivity contribution in [2.45, 2.75) is 6.54 Å². The molecule has 3 aliphatic heterocycles. The van der Waals surface area contributed by atoms with Crippen molar-refractivity contribution < 1.29 is 14.3 Å². The van der Waals surface area contributed by atoms with Crippen LogP contribution >= 0.6 is 0 Å². The summed E-state index contributed by atoms with van der Waals surface area (Å²) < 4.78 is 7.59. The van der Waals surface area contributed by atoms with Crippen molar-refractivity contribution in [1.82, 2.24) is 34.2 Å². The van der Waals surface area contributed by atoms with E-state index in [2.05, 4.69) is 56.6 Å². The van der Waals surface area contributed by atoms with E-state index in [9.17, 15) is 9.59 Å². The summed E-state index contributed by atoms with van der Waals surface area (Å²) in [5, 5.41) is 10.7. The zero-order valence-corrected chi connectivity index (χ0v) is 27.8. The normalized spacial score (nSPS) is 18.3. The summed E-state index contributed by atoms with van der Waals surface area (Å²) >= 11 is 0. The predicted molar refractivity (Wildman–Crippen MR) is 187 cm³/mol. The molecule has 48 heavy (non-hydrogen) atoms. The number of carbonyl (C=O) groups is 2. The number of morpholine rings is 1. The smallest absolute Gasteiger partial charge is 0.323 e. The molecule has 3 aliphatic rings. The Bertz CT molecular complexity index is 1720.